The van der Waals surface area contributed by atoms with Gasteiger partial charge in [0.2, 0.25) is 0 Å². The van der Waals surface area contributed by atoms with Crippen molar-refractivity contribution >= 4 is 0 Å². The van der Waals surface area contributed by atoms with Crippen molar-refractivity contribution < 1.29 is 0 Å². The van der Waals surface area contributed by atoms with Crippen LogP contribution in [-0.4, -0.2) is 6.54 Å². The van der Waals surface area contributed by atoms with Gasteiger partial charge in [0.25, 0.3) is 0 Å². The summed E-state index contributed by atoms with van der Waals surface area (Å²) >= 11 is 0. The van der Waals surface area contributed by atoms with E-state index in [1.807, 2.05) is 0 Å². The van der Waals surface area contributed by atoms with Crippen LogP contribution in [0.3, 0.4) is 0 Å². The quantitative estimate of drug-likeness (QED) is 0.757. The summed E-state index contributed by atoms with van der Waals surface area (Å²) in [6.45, 7) is 0.703. The molecule has 0 spiro atoms. The Morgan fingerprint density at radius 1 is 1.29 bits per heavy atom. The third kappa shape index (κ3) is 1.97. The number of hydrogen-bond donors (Lipinski definition) is 2. The standard InChI is InChI=1S/C12H18N2/c13-8-7-9-3-1-2-4-11(9)12(14)10-5-6-10/h1-4,10,12H,5-8,13-14H2/t12-/m1/s1. The highest BCUT2D eigenvalue weighted by molar-refractivity contribution is 5.31. The van der Waals surface area contributed by atoms with Crippen LogP contribution in [0.1, 0.15) is 30.0 Å². The zero-order chi connectivity index (χ0) is 9.97. The van der Waals surface area contributed by atoms with Gasteiger partial charge in [0, 0.05) is 6.04 Å². The van der Waals surface area contributed by atoms with Crippen molar-refractivity contribution in [1.82, 2.24) is 0 Å². The van der Waals surface area contributed by atoms with E-state index in [4.69, 9.17) is 11.5 Å². The summed E-state index contributed by atoms with van der Waals surface area (Å²) in [4.78, 5) is 0. The molecule has 76 valence electrons. The summed E-state index contributed by atoms with van der Waals surface area (Å²) in [5.74, 6) is 0.717. The normalized spacial score (nSPS) is 18.1. The molecular formula is C12H18N2. The van der Waals surface area contributed by atoms with Crippen molar-refractivity contribution in [3.05, 3.63) is 35.4 Å². The molecule has 0 amide bonds. The van der Waals surface area contributed by atoms with Gasteiger partial charge in [-0.1, -0.05) is 24.3 Å². The number of nitrogens with two attached hydrogens (primary N) is 2. The number of rotatable bonds is 4. The molecule has 1 aliphatic rings. The highest BCUT2D eigenvalue weighted by Gasteiger charge is 2.30. The predicted octanol–water partition coefficient (Wildman–Crippen LogP) is 1.60. The summed E-state index contributed by atoms with van der Waals surface area (Å²) in [7, 11) is 0. The molecule has 1 atom stereocenters. The van der Waals surface area contributed by atoms with Gasteiger partial charge in [-0.05, 0) is 42.9 Å². The molecule has 0 aliphatic heterocycles. The number of hydrogen-bond acceptors (Lipinski definition) is 2. The minimum atomic E-state index is 0.234. The highest BCUT2D eigenvalue weighted by atomic mass is 14.7. The van der Waals surface area contributed by atoms with E-state index in [1.165, 1.54) is 24.0 Å². The molecule has 1 aromatic carbocycles. The lowest BCUT2D eigenvalue weighted by Crippen LogP contribution is -2.16. The lowest BCUT2D eigenvalue weighted by atomic mass is 9.96. The Labute approximate surface area is 85.3 Å². The molecule has 2 nitrogen and oxygen atoms in total. The molecule has 0 radical (unpaired) electrons. The third-order valence-electron chi connectivity index (χ3n) is 2.96. The first-order valence-corrected chi connectivity index (χ1v) is 5.36. The van der Waals surface area contributed by atoms with Gasteiger partial charge in [-0.2, -0.15) is 0 Å². The van der Waals surface area contributed by atoms with E-state index in [0.717, 1.165) is 6.42 Å². The molecule has 0 saturated heterocycles. The van der Waals surface area contributed by atoms with Gasteiger partial charge in [0.15, 0.2) is 0 Å². The van der Waals surface area contributed by atoms with Gasteiger partial charge in [-0.15, -0.1) is 0 Å². The maximum atomic E-state index is 6.19. The molecule has 1 aliphatic carbocycles. The van der Waals surface area contributed by atoms with Crippen molar-refractivity contribution in [2.24, 2.45) is 17.4 Å². The molecule has 1 fully saturated rings. The van der Waals surface area contributed by atoms with Crippen molar-refractivity contribution in [2.75, 3.05) is 6.54 Å². The van der Waals surface area contributed by atoms with Crippen LogP contribution in [0.2, 0.25) is 0 Å². The van der Waals surface area contributed by atoms with Gasteiger partial charge < -0.3 is 11.5 Å². The molecule has 4 N–H and O–H groups in total. The Morgan fingerprint density at radius 3 is 2.64 bits per heavy atom. The largest absolute Gasteiger partial charge is 0.330 e. The summed E-state index contributed by atoms with van der Waals surface area (Å²) < 4.78 is 0. The van der Waals surface area contributed by atoms with Gasteiger partial charge in [0.05, 0.1) is 0 Å². The van der Waals surface area contributed by atoms with Crippen molar-refractivity contribution in [2.45, 2.75) is 25.3 Å². The molecular weight excluding hydrogens is 172 g/mol. The summed E-state index contributed by atoms with van der Waals surface area (Å²) in [5, 5.41) is 0. The van der Waals surface area contributed by atoms with Crippen LogP contribution in [0.15, 0.2) is 24.3 Å². The molecule has 0 aromatic heterocycles. The highest BCUT2D eigenvalue weighted by Crippen LogP contribution is 2.40. The average molecular weight is 190 g/mol. The van der Waals surface area contributed by atoms with E-state index < -0.39 is 0 Å². The van der Waals surface area contributed by atoms with Crippen molar-refractivity contribution in [3.63, 3.8) is 0 Å². The zero-order valence-corrected chi connectivity index (χ0v) is 8.45. The number of benzene rings is 1. The van der Waals surface area contributed by atoms with Gasteiger partial charge in [-0.3, -0.25) is 0 Å². The molecule has 2 rings (SSSR count). The molecule has 0 heterocycles. The van der Waals surface area contributed by atoms with Gasteiger partial charge in [0.1, 0.15) is 0 Å². The summed E-state index contributed by atoms with van der Waals surface area (Å²) in [6.07, 6.45) is 3.52. The Bertz CT molecular complexity index is 305. The van der Waals surface area contributed by atoms with E-state index in [9.17, 15) is 0 Å². The van der Waals surface area contributed by atoms with Crippen LogP contribution in [-0.2, 0) is 6.42 Å². The van der Waals surface area contributed by atoms with Gasteiger partial charge in [-0.25, -0.2) is 0 Å². The second kappa shape index (κ2) is 4.11. The maximum Gasteiger partial charge on any atom is 0.0326 e. The maximum absolute atomic E-state index is 6.19. The Balaban J connectivity index is 2.20. The Morgan fingerprint density at radius 2 is 2.00 bits per heavy atom. The fourth-order valence-corrected chi connectivity index (χ4v) is 1.95. The average Bonchev–Trinajstić information content (AvgIpc) is 3.01. The van der Waals surface area contributed by atoms with Crippen molar-refractivity contribution in [1.29, 1.82) is 0 Å². The van der Waals surface area contributed by atoms with E-state index >= 15 is 0 Å². The first kappa shape index (κ1) is 9.69. The molecule has 1 saturated carbocycles. The second-order valence-electron chi connectivity index (χ2n) is 4.10. The Kier molecular flexibility index (Phi) is 2.85. The zero-order valence-electron chi connectivity index (χ0n) is 8.45. The summed E-state index contributed by atoms with van der Waals surface area (Å²) in [5.41, 5.74) is 14.4. The van der Waals surface area contributed by atoms with Crippen LogP contribution in [0.25, 0.3) is 0 Å². The van der Waals surface area contributed by atoms with Crippen LogP contribution in [0.5, 0.6) is 0 Å². The van der Waals surface area contributed by atoms with E-state index in [2.05, 4.69) is 24.3 Å². The van der Waals surface area contributed by atoms with Gasteiger partial charge >= 0.3 is 0 Å². The lowest BCUT2D eigenvalue weighted by Gasteiger charge is -2.15. The lowest BCUT2D eigenvalue weighted by molar-refractivity contribution is 0.626. The monoisotopic (exact) mass is 190 g/mol. The molecule has 0 unspecified atom stereocenters. The molecule has 2 heteroatoms. The fourth-order valence-electron chi connectivity index (χ4n) is 1.95. The van der Waals surface area contributed by atoms with E-state index in [0.29, 0.717) is 12.5 Å². The fraction of sp³-hybridized carbons (Fsp3) is 0.500. The predicted molar refractivity (Wildman–Crippen MR) is 58.9 cm³/mol. The smallest absolute Gasteiger partial charge is 0.0326 e. The van der Waals surface area contributed by atoms with Crippen LogP contribution in [0.4, 0.5) is 0 Å². The van der Waals surface area contributed by atoms with E-state index in [-0.39, 0.29) is 6.04 Å². The first-order valence-electron chi connectivity index (χ1n) is 5.36. The topological polar surface area (TPSA) is 52.0 Å². The summed E-state index contributed by atoms with van der Waals surface area (Å²) in [6, 6.07) is 8.65. The minimum Gasteiger partial charge on any atom is -0.330 e. The first-order chi connectivity index (χ1) is 6.83. The minimum absolute atomic E-state index is 0.234. The molecule has 0 bridgehead atoms. The van der Waals surface area contributed by atoms with E-state index in [1.54, 1.807) is 0 Å². The van der Waals surface area contributed by atoms with Crippen LogP contribution in [0, 0.1) is 5.92 Å². The molecule has 1 aromatic rings. The third-order valence-corrected chi connectivity index (χ3v) is 2.96. The Hall–Kier alpha value is -0.860. The SMILES string of the molecule is NCCc1ccccc1[C@H](N)C1CC1. The van der Waals surface area contributed by atoms with Crippen molar-refractivity contribution in [3.8, 4) is 0 Å². The molecule has 14 heavy (non-hydrogen) atoms. The van der Waals surface area contributed by atoms with Crippen LogP contribution < -0.4 is 11.5 Å². The van der Waals surface area contributed by atoms with Crippen LogP contribution >= 0.6 is 0 Å². The second-order valence-corrected chi connectivity index (χ2v) is 4.10.